The highest BCUT2D eigenvalue weighted by Gasteiger charge is 2.06. The van der Waals surface area contributed by atoms with Crippen molar-refractivity contribution in [1.29, 1.82) is 0 Å². The summed E-state index contributed by atoms with van der Waals surface area (Å²) in [5.41, 5.74) is 1.95. The lowest BCUT2D eigenvalue weighted by molar-refractivity contribution is -0.142. The molecule has 0 spiro atoms. The van der Waals surface area contributed by atoms with Gasteiger partial charge in [0.05, 0.1) is 12.8 Å². The molecule has 0 N–H and O–H groups in total. The Balaban J connectivity index is 1.62. The van der Waals surface area contributed by atoms with Gasteiger partial charge in [-0.05, 0) is 60.7 Å². The molecule has 0 saturated heterocycles. The van der Waals surface area contributed by atoms with Crippen molar-refractivity contribution in [3.63, 3.8) is 0 Å². The predicted octanol–water partition coefficient (Wildman–Crippen LogP) is 4.40. The number of nitrogens with zero attached hydrogens (tertiary/aromatic N) is 1. The van der Waals surface area contributed by atoms with Gasteiger partial charge in [0.25, 0.3) is 0 Å². The highest BCUT2D eigenvalue weighted by Crippen LogP contribution is 2.24. The zero-order valence-electron chi connectivity index (χ0n) is 14.9. The smallest absolute Gasteiger partial charge is 0.343 e. The van der Waals surface area contributed by atoms with Gasteiger partial charge < -0.3 is 9.47 Å². The molecule has 1 heterocycles. The Kier molecular flexibility index (Phi) is 6.29. The monoisotopic (exact) mass is 397 g/mol. The molecule has 0 amide bonds. The molecule has 142 valence electrons. The molecule has 28 heavy (non-hydrogen) atoms. The van der Waals surface area contributed by atoms with Crippen molar-refractivity contribution < 1.29 is 23.5 Å². The number of aromatic nitrogens is 1. The van der Waals surface area contributed by atoms with E-state index in [1.807, 2.05) is 5.38 Å². The number of halogens is 1. The summed E-state index contributed by atoms with van der Waals surface area (Å²) in [7, 11) is 1.28. The molecule has 0 aliphatic heterocycles. The number of methoxy groups -OCH3 is 1. The summed E-state index contributed by atoms with van der Waals surface area (Å²) >= 11 is 1.42. The zero-order valence-corrected chi connectivity index (χ0v) is 15.7. The first kappa shape index (κ1) is 19.4. The number of hydrogen-bond acceptors (Lipinski definition) is 6. The van der Waals surface area contributed by atoms with Gasteiger partial charge in [-0.2, -0.15) is 0 Å². The summed E-state index contributed by atoms with van der Waals surface area (Å²) in [6.07, 6.45) is 3.07. The van der Waals surface area contributed by atoms with Crippen LogP contribution in [0.5, 0.6) is 5.75 Å². The van der Waals surface area contributed by atoms with Gasteiger partial charge in [0.1, 0.15) is 16.6 Å². The second-order valence-corrected chi connectivity index (χ2v) is 6.53. The van der Waals surface area contributed by atoms with Crippen molar-refractivity contribution in [1.82, 2.24) is 4.98 Å². The van der Waals surface area contributed by atoms with E-state index in [-0.39, 0.29) is 18.2 Å². The van der Waals surface area contributed by atoms with Crippen LogP contribution in [0.2, 0.25) is 0 Å². The lowest BCUT2D eigenvalue weighted by atomic mass is 10.1. The molecule has 0 bridgehead atoms. The highest BCUT2D eigenvalue weighted by molar-refractivity contribution is 7.13. The number of thiazole rings is 1. The van der Waals surface area contributed by atoms with Gasteiger partial charge >= 0.3 is 5.97 Å². The highest BCUT2D eigenvalue weighted by atomic mass is 32.1. The maximum Gasteiger partial charge on any atom is 0.343 e. The summed E-state index contributed by atoms with van der Waals surface area (Å²) in [6.45, 7) is -0.191. The molecule has 2 aromatic carbocycles. The number of rotatable bonds is 7. The number of ketones is 1. The molecular weight excluding hydrogens is 381 g/mol. The Morgan fingerprint density at radius 1 is 1.11 bits per heavy atom. The number of carbonyl (C=O) groups excluding carboxylic acids is 2. The number of allylic oxidation sites excluding steroid dienone is 1. The Morgan fingerprint density at radius 2 is 1.82 bits per heavy atom. The van der Waals surface area contributed by atoms with E-state index in [4.69, 9.17) is 4.74 Å². The Labute approximate surface area is 165 Å². The van der Waals surface area contributed by atoms with E-state index in [9.17, 15) is 14.0 Å². The molecule has 0 radical (unpaired) electrons. The average Bonchev–Trinajstić information content (AvgIpc) is 3.20. The van der Waals surface area contributed by atoms with Gasteiger partial charge in [-0.1, -0.05) is 0 Å². The third kappa shape index (κ3) is 5.11. The molecule has 3 aromatic rings. The maximum atomic E-state index is 13.0. The van der Waals surface area contributed by atoms with Crippen molar-refractivity contribution in [2.75, 3.05) is 13.7 Å². The van der Waals surface area contributed by atoms with Crippen molar-refractivity contribution in [3.05, 3.63) is 77.1 Å². The first-order valence-corrected chi connectivity index (χ1v) is 9.16. The minimum absolute atomic E-state index is 0.184. The number of esters is 1. The van der Waals surface area contributed by atoms with Gasteiger partial charge in [-0.15, -0.1) is 11.3 Å². The van der Waals surface area contributed by atoms with Crippen molar-refractivity contribution in [2.45, 2.75) is 0 Å². The van der Waals surface area contributed by atoms with Crippen LogP contribution in [-0.4, -0.2) is 30.5 Å². The third-order valence-electron chi connectivity index (χ3n) is 3.74. The summed E-state index contributed by atoms with van der Waals surface area (Å²) in [5, 5.41) is 2.57. The van der Waals surface area contributed by atoms with Crippen molar-refractivity contribution in [3.8, 4) is 16.3 Å². The van der Waals surface area contributed by atoms with Crippen LogP contribution in [-0.2, 0) is 9.53 Å². The molecule has 0 aliphatic rings. The third-order valence-corrected chi connectivity index (χ3v) is 4.65. The molecular formula is C21H16FNO4S. The van der Waals surface area contributed by atoms with Crippen LogP contribution >= 0.6 is 11.3 Å². The van der Waals surface area contributed by atoms with Gasteiger partial charge in [0.2, 0.25) is 0 Å². The van der Waals surface area contributed by atoms with E-state index >= 15 is 0 Å². The van der Waals surface area contributed by atoms with E-state index < -0.39 is 5.97 Å². The van der Waals surface area contributed by atoms with Crippen LogP contribution in [0.25, 0.3) is 16.6 Å². The molecule has 0 saturated carbocycles. The summed E-state index contributed by atoms with van der Waals surface area (Å²) in [4.78, 5) is 27.8. The van der Waals surface area contributed by atoms with E-state index in [2.05, 4.69) is 9.72 Å². The molecule has 3 rings (SSSR count). The molecule has 0 atom stereocenters. The van der Waals surface area contributed by atoms with Gasteiger partial charge in [-0.3, -0.25) is 4.79 Å². The molecule has 1 aromatic heterocycles. The summed E-state index contributed by atoms with van der Waals surface area (Å²) in [5.74, 6) is -0.496. The zero-order chi connectivity index (χ0) is 19.9. The average molecular weight is 397 g/mol. The Hall–Kier alpha value is -3.32. The minimum Gasteiger partial charge on any atom is -0.482 e. The number of hydrogen-bond donors (Lipinski definition) is 0. The Bertz CT molecular complexity index is 994. The van der Waals surface area contributed by atoms with Gasteiger partial charge in [-0.25, -0.2) is 14.2 Å². The topological polar surface area (TPSA) is 65.5 Å². The first-order chi connectivity index (χ1) is 13.5. The lowest BCUT2D eigenvalue weighted by Gasteiger charge is -2.04. The largest absolute Gasteiger partial charge is 0.482 e. The van der Waals surface area contributed by atoms with Gasteiger partial charge in [0.15, 0.2) is 12.4 Å². The van der Waals surface area contributed by atoms with Crippen molar-refractivity contribution >= 4 is 29.2 Å². The quantitative estimate of drug-likeness (QED) is 0.336. The fourth-order valence-corrected chi connectivity index (χ4v) is 3.06. The van der Waals surface area contributed by atoms with Crippen LogP contribution in [0.4, 0.5) is 4.39 Å². The van der Waals surface area contributed by atoms with Crippen LogP contribution in [0.3, 0.4) is 0 Å². The maximum absolute atomic E-state index is 13.0. The first-order valence-electron chi connectivity index (χ1n) is 8.29. The molecule has 5 nitrogen and oxygen atoms in total. The lowest BCUT2D eigenvalue weighted by Crippen LogP contribution is -2.12. The minimum atomic E-state index is -0.480. The second kappa shape index (κ2) is 9.05. The Morgan fingerprint density at radius 3 is 2.50 bits per heavy atom. The number of carbonyl (C=O) groups is 2. The van der Waals surface area contributed by atoms with Crippen molar-refractivity contribution in [2.24, 2.45) is 0 Å². The fourth-order valence-electron chi connectivity index (χ4n) is 2.26. The number of benzene rings is 2. The van der Waals surface area contributed by atoms with E-state index in [1.54, 1.807) is 42.5 Å². The summed E-state index contributed by atoms with van der Waals surface area (Å²) in [6, 6.07) is 12.5. The second-order valence-electron chi connectivity index (χ2n) is 5.67. The molecule has 0 fully saturated rings. The molecule has 0 aliphatic carbocycles. The van der Waals surface area contributed by atoms with Crippen LogP contribution in [0, 0.1) is 5.82 Å². The molecule has 7 heteroatoms. The molecule has 0 unspecified atom stereocenters. The SMILES string of the molecule is COC(=O)COc1ccc(C(=O)C=Cc2csc(-c3ccc(F)cc3)n2)cc1. The predicted molar refractivity (Wildman–Crippen MR) is 105 cm³/mol. The van der Waals surface area contributed by atoms with E-state index in [0.29, 0.717) is 17.0 Å². The number of ether oxygens (including phenoxy) is 2. The van der Waals surface area contributed by atoms with Crippen LogP contribution in [0.1, 0.15) is 16.1 Å². The van der Waals surface area contributed by atoms with Crippen LogP contribution < -0.4 is 4.74 Å². The normalized spacial score (nSPS) is 10.8. The summed E-state index contributed by atoms with van der Waals surface area (Å²) < 4.78 is 22.7. The van der Waals surface area contributed by atoms with E-state index in [1.165, 1.54) is 36.7 Å². The van der Waals surface area contributed by atoms with Gasteiger partial charge in [0, 0.05) is 16.5 Å². The fraction of sp³-hybridized carbons (Fsp3) is 0.0952. The van der Waals surface area contributed by atoms with E-state index in [0.717, 1.165) is 10.6 Å². The standard InChI is InChI=1S/C21H16FNO4S/c1-26-20(25)12-27-18-9-4-14(5-10-18)19(24)11-8-17-13-28-21(23-17)15-2-6-16(22)7-3-15/h2-11,13H,12H2,1H3. The van der Waals surface area contributed by atoms with Crippen LogP contribution in [0.15, 0.2) is 60.0 Å².